The monoisotopic (exact) mass is 260 g/mol. The maximum Gasteiger partial charge on any atom is 0.323 e. The topological polar surface area (TPSA) is 79.0 Å². The van der Waals surface area contributed by atoms with Gasteiger partial charge in [0, 0.05) is 5.69 Å². The fourth-order valence-electron chi connectivity index (χ4n) is 1.69. The number of aromatic nitrogens is 2. The first-order valence-corrected chi connectivity index (χ1v) is 5.84. The zero-order valence-electron chi connectivity index (χ0n) is 11.1. The molecule has 1 aromatic heterocycles. The van der Waals surface area contributed by atoms with Crippen molar-refractivity contribution in [2.75, 3.05) is 17.7 Å². The SMILES string of the molecule is COc1ccc(NC(=O)Nc2c(C)n[nH]c2C)cc1. The number of H-pyrrole nitrogens is 1. The minimum atomic E-state index is -0.308. The molecule has 2 rings (SSSR count). The third-order valence-electron chi connectivity index (χ3n) is 2.71. The highest BCUT2D eigenvalue weighted by molar-refractivity contribution is 6.00. The Morgan fingerprint density at radius 2 is 1.89 bits per heavy atom. The molecule has 0 saturated heterocycles. The number of amides is 2. The summed E-state index contributed by atoms with van der Waals surface area (Å²) < 4.78 is 5.05. The van der Waals surface area contributed by atoms with Crippen LogP contribution in [0.5, 0.6) is 5.75 Å². The lowest BCUT2D eigenvalue weighted by atomic mass is 10.3. The lowest BCUT2D eigenvalue weighted by molar-refractivity contribution is 0.262. The number of urea groups is 1. The molecule has 100 valence electrons. The maximum absolute atomic E-state index is 11.8. The number of rotatable bonds is 3. The summed E-state index contributed by atoms with van der Waals surface area (Å²) in [6, 6.07) is 6.80. The molecule has 0 spiro atoms. The van der Waals surface area contributed by atoms with E-state index in [1.54, 1.807) is 31.4 Å². The van der Waals surface area contributed by atoms with Crippen LogP contribution < -0.4 is 15.4 Å². The van der Waals surface area contributed by atoms with E-state index in [0.29, 0.717) is 11.4 Å². The number of methoxy groups -OCH3 is 1. The van der Waals surface area contributed by atoms with E-state index in [0.717, 1.165) is 17.1 Å². The van der Waals surface area contributed by atoms with Gasteiger partial charge in [0.2, 0.25) is 0 Å². The largest absolute Gasteiger partial charge is 0.497 e. The van der Waals surface area contributed by atoms with Gasteiger partial charge in [0.1, 0.15) is 5.75 Å². The number of hydrogen-bond donors (Lipinski definition) is 3. The number of benzene rings is 1. The van der Waals surface area contributed by atoms with Gasteiger partial charge in [0.25, 0.3) is 0 Å². The highest BCUT2D eigenvalue weighted by atomic mass is 16.5. The molecular formula is C13H16N4O2. The number of aromatic amines is 1. The van der Waals surface area contributed by atoms with Gasteiger partial charge in [-0.2, -0.15) is 5.10 Å². The molecule has 0 saturated carbocycles. The highest BCUT2D eigenvalue weighted by Crippen LogP contribution is 2.18. The van der Waals surface area contributed by atoms with Crippen molar-refractivity contribution in [3.63, 3.8) is 0 Å². The molecule has 1 heterocycles. The molecular weight excluding hydrogens is 244 g/mol. The Bertz CT molecular complexity index is 555. The van der Waals surface area contributed by atoms with Gasteiger partial charge in [-0.1, -0.05) is 0 Å². The zero-order chi connectivity index (χ0) is 13.8. The molecule has 1 aromatic carbocycles. The van der Waals surface area contributed by atoms with Gasteiger partial charge in [-0.3, -0.25) is 5.10 Å². The molecule has 0 radical (unpaired) electrons. The number of hydrogen-bond acceptors (Lipinski definition) is 3. The Kier molecular flexibility index (Phi) is 3.70. The first kappa shape index (κ1) is 12.9. The van der Waals surface area contributed by atoms with E-state index in [2.05, 4.69) is 20.8 Å². The molecule has 6 nitrogen and oxygen atoms in total. The van der Waals surface area contributed by atoms with E-state index in [1.165, 1.54) is 0 Å². The highest BCUT2D eigenvalue weighted by Gasteiger charge is 2.10. The predicted octanol–water partition coefficient (Wildman–Crippen LogP) is 2.68. The standard InChI is InChI=1S/C13H16N4O2/c1-8-12(9(2)17-16-8)15-13(18)14-10-4-6-11(19-3)7-5-10/h4-7H,1-3H3,(H,16,17)(H2,14,15,18). The van der Waals surface area contributed by atoms with Gasteiger partial charge < -0.3 is 15.4 Å². The molecule has 0 aliphatic carbocycles. The average molecular weight is 260 g/mol. The van der Waals surface area contributed by atoms with E-state index >= 15 is 0 Å². The van der Waals surface area contributed by atoms with Crippen LogP contribution in [-0.4, -0.2) is 23.3 Å². The van der Waals surface area contributed by atoms with E-state index in [-0.39, 0.29) is 6.03 Å². The van der Waals surface area contributed by atoms with Crippen LogP contribution in [0.2, 0.25) is 0 Å². The molecule has 19 heavy (non-hydrogen) atoms. The molecule has 2 aromatic rings. The van der Waals surface area contributed by atoms with Crippen molar-refractivity contribution in [3.05, 3.63) is 35.7 Å². The normalized spacial score (nSPS) is 10.1. The second kappa shape index (κ2) is 5.43. The van der Waals surface area contributed by atoms with Crippen LogP contribution in [0, 0.1) is 13.8 Å². The van der Waals surface area contributed by atoms with E-state index < -0.39 is 0 Å². The summed E-state index contributed by atoms with van der Waals surface area (Å²) in [4.78, 5) is 11.8. The molecule has 0 fully saturated rings. The van der Waals surface area contributed by atoms with Gasteiger partial charge in [0.05, 0.1) is 24.2 Å². The Hall–Kier alpha value is -2.50. The molecule has 0 atom stereocenters. The summed E-state index contributed by atoms with van der Waals surface area (Å²) in [6.07, 6.45) is 0. The first-order valence-electron chi connectivity index (χ1n) is 5.84. The summed E-state index contributed by atoms with van der Waals surface area (Å²) >= 11 is 0. The van der Waals surface area contributed by atoms with Crippen molar-refractivity contribution in [1.29, 1.82) is 0 Å². The van der Waals surface area contributed by atoms with E-state index in [4.69, 9.17) is 4.74 Å². The third-order valence-corrected chi connectivity index (χ3v) is 2.71. The zero-order valence-corrected chi connectivity index (χ0v) is 11.1. The van der Waals surface area contributed by atoms with Crippen LogP contribution in [0.1, 0.15) is 11.4 Å². The summed E-state index contributed by atoms with van der Waals surface area (Å²) in [5.41, 5.74) is 2.97. The maximum atomic E-state index is 11.8. The van der Waals surface area contributed by atoms with E-state index in [1.807, 2.05) is 13.8 Å². The predicted molar refractivity (Wildman–Crippen MR) is 73.7 cm³/mol. The van der Waals surface area contributed by atoms with Crippen molar-refractivity contribution in [3.8, 4) is 5.75 Å². The fraction of sp³-hybridized carbons (Fsp3) is 0.231. The van der Waals surface area contributed by atoms with Crippen molar-refractivity contribution >= 4 is 17.4 Å². The second-order valence-corrected chi connectivity index (χ2v) is 4.12. The lowest BCUT2D eigenvalue weighted by Gasteiger charge is -2.08. The minimum Gasteiger partial charge on any atom is -0.497 e. The summed E-state index contributed by atoms with van der Waals surface area (Å²) in [7, 11) is 1.60. The minimum absolute atomic E-state index is 0.308. The molecule has 2 amide bonds. The average Bonchev–Trinajstić information content (AvgIpc) is 2.71. The molecule has 0 aliphatic rings. The second-order valence-electron chi connectivity index (χ2n) is 4.12. The van der Waals surface area contributed by atoms with E-state index in [9.17, 15) is 4.79 Å². The number of carbonyl (C=O) groups excluding carboxylic acids is 1. The molecule has 0 bridgehead atoms. The third kappa shape index (κ3) is 3.04. The molecule has 0 aliphatic heterocycles. The van der Waals surface area contributed by atoms with Crippen molar-refractivity contribution < 1.29 is 9.53 Å². The molecule has 6 heteroatoms. The quantitative estimate of drug-likeness (QED) is 0.793. The number of ether oxygens (including phenoxy) is 1. The summed E-state index contributed by atoms with van der Waals surface area (Å²) in [5, 5.41) is 12.3. The number of aryl methyl sites for hydroxylation is 2. The molecule has 3 N–H and O–H groups in total. The Morgan fingerprint density at radius 3 is 2.42 bits per heavy atom. The van der Waals surface area contributed by atoms with Gasteiger partial charge in [0.15, 0.2) is 0 Å². The van der Waals surface area contributed by atoms with Gasteiger partial charge in [-0.25, -0.2) is 4.79 Å². The summed E-state index contributed by atoms with van der Waals surface area (Å²) in [5.74, 6) is 0.743. The number of anilines is 2. The Morgan fingerprint density at radius 1 is 1.21 bits per heavy atom. The first-order chi connectivity index (χ1) is 9.10. The fourth-order valence-corrected chi connectivity index (χ4v) is 1.69. The van der Waals surface area contributed by atoms with Gasteiger partial charge in [-0.15, -0.1) is 0 Å². The van der Waals surface area contributed by atoms with Crippen molar-refractivity contribution in [2.45, 2.75) is 13.8 Å². The molecule has 0 unspecified atom stereocenters. The van der Waals surface area contributed by atoms with Crippen molar-refractivity contribution in [1.82, 2.24) is 10.2 Å². The van der Waals surface area contributed by atoms with Crippen LogP contribution in [0.4, 0.5) is 16.2 Å². The Balaban J connectivity index is 2.01. The van der Waals surface area contributed by atoms with Crippen molar-refractivity contribution in [2.24, 2.45) is 0 Å². The summed E-state index contributed by atoms with van der Waals surface area (Å²) in [6.45, 7) is 3.68. The number of nitrogens with one attached hydrogen (secondary N) is 3. The van der Waals surface area contributed by atoms with Crippen LogP contribution in [0.25, 0.3) is 0 Å². The van der Waals surface area contributed by atoms with Crippen LogP contribution in [-0.2, 0) is 0 Å². The van der Waals surface area contributed by atoms with Crippen LogP contribution in [0.3, 0.4) is 0 Å². The lowest BCUT2D eigenvalue weighted by Crippen LogP contribution is -2.20. The Labute approximate surface area is 111 Å². The smallest absolute Gasteiger partial charge is 0.323 e. The van der Waals surface area contributed by atoms with Crippen LogP contribution >= 0.6 is 0 Å². The van der Waals surface area contributed by atoms with Crippen LogP contribution in [0.15, 0.2) is 24.3 Å². The van der Waals surface area contributed by atoms with Gasteiger partial charge >= 0.3 is 6.03 Å². The number of nitrogens with zero attached hydrogens (tertiary/aromatic N) is 1. The number of carbonyl (C=O) groups is 1. The van der Waals surface area contributed by atoms with Gasteiger partial charge in [-0.05, 0) is 38.1 Å².